The SMILES string of the molecule is CNC(=O)CSc1nnc(N2CCN(C(=O)c3ccc(Br)cc3)CC2)s1. The maximum atomic E-state index is 12.6. The first-order valence-corrected chi connectivity index (χ1v) is 10.6. The van der Waals surface area contributed by atoms with E-state index in [2.05, 4.69) is 36.3 Å². The van der Waals surface area contributed by atoms with Gasteiger partial charge in [0, 0.05) is 43.3 Å². The van der Waals surface area contributed by atoms with Crippen LogP contribution in [0.15, 0.2) is 33.1 Å². The monoisotopic (exact) mass is 455 g/mol. The van der Waals surface area contributed by atoms with Crippen molar-refractivity contribution in [1.82, 2.24) is 20.4 Å². The summed E-state index contributed by atoms with van der Waals surface area (Å²) in [4.78, 5) is 27.9. The predicted molar refractivity (Wildman–Crippen MR) is 107 cm³/mol. The summed E-state index contributed by atoms with van der Waals surface area (Å²) in [5.41, 5.74) is 0.699. The first kappa shape index (κ1) is 19.1. The minimum absolute atomic E-state index is 0.0354. The van der Waals surface area contributed by atoms with Gasteiger partial charge in [-0.15, -0.1) is 10.2 Å². The third kappa shape index (κ3) is 4.74. The predicted octanol–water partition coefficient (Wildman–Crippen LogP) is 2.10. The van der Waals surface area contributed by atoms with E-state index in [9.17, 15) is 9.59 Å². The van der Waals surface area contributed by atoms with Gasteiger partial charge < -0.3 is 15.1 Å². The number of anilines is 1. The molecule has 7 nitrogen and oxygen atoms in total. The lowest BCUT2D eigenvalue weighted by atomic mass is 10.2. The van der Waals surface area contributed by atoms with E-state index in [0.29, 0.717) is 24.4 Å². The number of hydrogen-bond donors (Lipinski definition) is 1. The first-order chi connectivity index (χ1) is 12.6. The number of piperazine rings is 1. The van der Waals surface area contributed by atoms with Gasteiger partial charge in [-0.25, -0.2) is 0 Å². The minimum Gasteiger partial charge on any atom is -0.358 e. The highest BCUT2D eigenvalue weighted by atomic mass is 79.9. The standard InChI is InChI=1S/C16H18BrN5O2S2/c1-18-13(23)10-25-16-20-19-15(26-16)22-8-6-21(7-9-22)14(24)11-2-4-12(17)5-3-11/h2-5H,6-10H2,1H3,(H,18,23). The number of benzene rings is 1. The molecule has 0 radical (unpaired) electrons. The maximum Gasteiger partial charge on any atom is 0.253 e. The van der Waals surface area contributed by atoms with Crippen LogP contribution in [0.25, 0.3) is 0 Å². The summed E-state index contributed by atoms with van der Waals surface area (Å²) in [6, 6.07) is 7.42. The Balaban J connectivity index is 1.53. The molecule has 138 valence electrons. The molecule has 10 heteroatoms. The molecule has 1 aromatic carbocycles. The first-order valence-electron chi connectivity index (χ1n) is 8.03. The number of nitrogens with one attached hydrogen (secondary N) is 1. The third-order valence-electron chi connectivity index (χ3n) is 3.93. The highest BCUT2D eigenvalue weighted by Gasteiger charge is 2.24. The number of amides is 2. The van der Waals surface area contributed by atoms with Gasteiger partial charge in [0.2, 0.25) is 11.0 Å². The highest BCUT2D eigenvalue weighted by molar-refractivity contribution is 9.10. The molecule has 1 fully saturated rings. The van der Waals surface area contributed by atoms with Crippen LogP contribution in [0.5, 0.6) is 0 Å². The zero-order valence-corrected chi connectivity index (χ0v) is 17.4. The molecule has 1 aromatic heterocycles. The molecule has 0 spiro atoms. The summed E-state index contributed by atoms with van der Waals surface area (Å²) in [6.07, 6.45) is 0. The Kier molecular flexibility index (Phi) is 6.49. The van der Waals surface area contributed by atoms with Crippen molar-refractivity contribution in [2.24, 2.45) is 0 Å². The molecule has 0 saturated carbocycles. The summed E-state index contributed by atoms with van der Waals surface area (Å²) in [5.74, 6) is 0.351. The minimum atomic E-state index is -0.0354. The number of hydrogen-bond acceptors (Lipinski definition) is 7. The van der Waals surface area contributed by atoms with Crippen molar-refractivity contribution in [3.05, 3.63) is 34.3 Å². The number of carbonyl (C=O) groups excluding carboxylic acids is 2. The van der Waals surface area contributed by atoms with Crippen LogP contribution >= 0.6 is 39.0 Å². The van der Waals surface area contributed by atoms with Crippen molar-refractivity contribution in [3.63, 3.8) is 0 Å². The van der Waals surface area contributed by atoms with Gasteiger partial charge in [-0.3, -0.25) is 9.59 Å². The van der Waals surface area contributed by atoms with Crippen LogP contribution in [-0.2, 0) is 4.79 Å². The van der Waals surface area contributed by atoms with Crippen molar-refractivity contribution in [1.29, 1.82) is 0 Å². The van der Waals surface area contributed by atoms with Crippen LogP contribution in [0.4, 0.5) is 5.13 Å². The van der Waals surface area contributed by atoms with E-state index in [1.54, 1.807) is 7.05 Å². The van der Waals surface area contributed by atoms with Crippen molar-refractivity contribution in [2.75, 3.05) is 43.9 Å². The van der Waals surface area contributed by atoms with Crippen molar-refractivity contribution < 1.29 is 9.59 Å². The summed E-state index contributed by atoms with van der Waals surface area (Å²) in [5, 5.41) is 11.8. The lowest BCUT2D eigenvalue weighted by molar-refractivity contribution is -0.118. The van der Waals surface area contributed by atoms with E-state index in [4.69, 9.17) is 0 Å². The lowest BCUT2D eigenvalue weighted by Crippen LogP contribution is -2.48. The molecule has 3 rings (SSSR count). The molecule has 2 aromatic rings. The Morgan fingerprint density at radius 3 is 2.54 bits per heavy atom. The van der Waals surface area contributed by atoms with Gasteiger partial charge in [-0.2, -0.15) is 0 Å². The molecular weight excluding hydrogens is 438 g/mol. The van der Waals surface area contributed by atoms with Gasteiger partial charge in [0.25, 0.3) is 5.91 Å². The number of aromatic nitrogens is 2. The second-order valence-electron chi connectivity index (χ2n) is 5.60. The van der Waals surface area contributed by atoms with E-state index in [1.807, 2.05) is 29.2 Å². The number of nitrogens with zero attached hydrogens (tertiary/aromatic N) is 4. The van der Waals surface area contributed by atoms with Crippen LogP contribution in [0, 0.1) is 0 Å². The van der Waals surface area contributed by atoms with Gasteiger partial charge in [0.05, 0.1) is 5.75 Å². The van der Waals surface area contributed by atoms with Gasteiger partial charge in [-0.05, 0) is 24.3 Å². The van der Waals surface area contributed by atoms with Crippen molar-refractivity contribution in [3.8, 4) is 0 Å². The summed E-state index contributed by atoms with van der Waals surface area (Å²) in [6.45, 7) is 2.73. The Morgan fingerprint density at radius 1 is 1.19 bits per heavy atom. The molecule has 0 aliphatic carbocycles. The molecule has 2 amide bonds. The number of rotatable bonds is 5. The van der Waals surface area contributed by atoms with E-state index in [-0.39, 0.29) is 11.8 Å². The fraction of sp³-hybridized carbons (Fsp3) is 0.375. The summed E-state index contributed by atoms with van der Waals surface area (Å²) < 4.78 is 1.73. The molecule has 0 atom stereocenters. The second kappa shape index (κ2) is 8.83. The van der Waals surface area contributed by atoms with Gasteiger partial charge in [0.1, 0.15) is 0 Å². The van der Waals surface area contributed by atoms with Crippen molar-refractivity contribution in [2.45, 2.75) is 4.34 Å². The average Bonchev–Trinajstić information content (AvgIpc) is 3.15. The van der Waals surface area contributed by atoms with Gasteiger partial charge >= 0.3 is 0 Å². The van der Waals surface area contributed by atoms with Crippen LogP contribution in [0.1, 0.15) is 10.4 Å². The Labute approximate surface area is 168 Å². The van der Waals surface area contributed by atoms with Crippen LogP contribution < -0.4 is 10.2 Å². The molecular formula is C16H18BrN5O2S2. The number of carbonyl (C=O) groups is 2. The molecule has 1 aliphatic rings. The molecule has 0 bridgehead atoms. The third-order valence-corrected chi connectivity index (χ3v) is 6.58. The largest absolute Gasteiger partial charge is 0.358 e. The van der Waals surface area contributed by atoms with Crippen LogP contribution in [-0.4, -0.2) is 65.9 Å². The van der Waals surface area contributed by atoms with E-state index in [1.165, 1.54) is 23.1 Å². The van der Waals surface area contributed by atoms with E-state index in [0.717, 1.165) is 27.0 Å². The molecule has 1 aliphatic heterocycles. The van der Waals surface area contributed by atoms with E-state index < -0.39 is 0 Å². The molecule has 1 saturated heterocycles. The van der Waals surface area contributed by atoms with Crippen molar-refractivity contribution >= 4 is 56.0 Å². The topological polar surface area (TPSA) is 78.4 Å². The fourth-order valence-electron chi connectivity index (χ4n) is 2.46. The average molecular weight is 456 g/mol. The van der Waals surface area contributed by atoms with Gasteiger partial charge in [0.15, 0.2) is 4.34 Å². The smallest absolute Gasteiger partial charge is 0.253 e. The van der Waals surface area contributed by atoms with Crippen LogP contribution in [0.3, 0.4) is 0 Å². The second-order valence-corrected chi connectivity index (χ2v) is 8.69. The Hall–Kier alpha value is -1.65. The fourth-order valence-corrected chi connectivity index (χ4v) is 4.49. The zero-order chi connectivity index (χ0) is 18.5. The zero-order valence-electron chi connectivity index (χ0n) is 14.1. The molecule has 2 heterocycles. The quantitative estimate of drug-likeness (QED) is 0.695. The summed E-state index contributed by atoms with van der Waals surface area (Å²) in [7, 11) is 1.61. The number of thioether (sulfide) groups is 1. The maximum absolute atomic E-state index is 12.6. The Bertz CT molecular complexity index is 775. The number of halogens is 1. The Morgan fingerprint density at radius 2 is 1.88 bits per heavy atom. The van der Waals surface area contributed by atoms with E-state index >= 15 is 0 Å². The normalized spacial score (nSPS) is 14.4. The van der Waals surface area contributed by atoms with Crippen LogP contribution in [0.2, 0.25) is 0 Å². The molecule has 26 heavy (non-hydrogen) atoms. The van der Waals surface area contributed by atoms with Gasteiger partial charge in [-0.1, -0.05) is 39.0 Å². The molecule has 0 unspecified atom stereocenters. The lowest BCUT2D eigenvalue weighted by Gasteiger charge is -2.34. The molecule has 1 N–H and O–H groups in total. The highest BCUT2D eigenvalue weighted by Crippen LogP contribution is 2.28. The summed E-state index contributed by atoms with van der Waals surface area (Å²) >= 11 is 6.24.